The van der Waals surface area contributed by atoms with Crippen LogP contribution in [-0.2, 0) is 4.74 Å². The Kier molecular flexibility index (Phi) is 6.48. The van der Waals surface area contributed by atoms with Crippen molar-refractivity contribution in [2.45, 2.75) is 25.7 Å². The topological polar surface area (TPSA) is 27.7 Å². The van der Waals surface area contributed by atoms with Gasteiger partial charge in [0.15, 0.2) is 0 Å². The minimum absolute atomic E-state index is 0.336. The number of rotatable bonds is 8. The van der Waals surface area contributed by atoms with Crippen molar-refractivity contribution < 1.29 is 14.2 Å². The smallest absolute Gasteiger partial charge is 0.119 e. The maximum Gasteiger partial charge on any atom is 0.119 e. The van der Waals surface area contributed by atoms with Crippen molar-refractivity contribution in [2.75, 3.05) is 27.4 Å². The molecule has 2 rings (SSSR count). The van der Waals surface area contributed by atoms with Gasteiger partial charge in [0.05, 0.1) is 27.4 Å². The molecule has 0 spiro atoms. The fraction of sp³-hybridized carbons (Fsp3) is 0.400. The zero-order valence-electron chi connectivity index (χ0n) is 14.4. The van der Waals surface area contributed by atoms with E-state index in [2.05, 4.69) is 38.1 Å². The van der Waals surface area contributed by atoms with Gasteiger partial charge < -0.3 is 14.2 Å². The summed E-state index contributed by atoms with van der Waals surface area (Å²) < 4.78 is 16.5. The Hall–Kier alpha value is -2.00. The number of methoxy groups -OCH3 is 2. The molecule has 3 nitrogen and oxygen atoms in total. The zero-order chi connectivity index (χ0) is 16.7. The van der Waals surface area contributed by atoms with E-state index >= 15 is 0 Å². The Labute approximate surface area is 139 Å². The molecule has 0 aliphatic carbocycles. The second-order valence-electron chi connectivity index (χ2n) is 5.89. The predicted octanol–water partition coefficient (Wildman–Crippen LogP) is 4.63. The molecule has 0 N–H and O–H groups in total. The van der Waals surface area contributed by atoms with Gasteiger partial charge in [0, 0.05) is 11.8 Å². The molecule has 0 amide bonds. The van der Waals surface area contributed by atoms with Gasteiger partial charge in [-0.1, -0.05) is 38.1 Å². The van der Waals surface area contributed by atoms with E-state index in [-0.39, 0.29) is 0 Å². The van der Waals surface area contributed by atoms with E-state index in [1.54, 1.807) is 14.2 Å². The molecule has 0 fully saturated rings. The summed E-state index contributed by atoms with van der Waals surface area (Å²) in [5.41, 5.74) is 2.47. The molecule has 0 heterocycles. The number of ether oxygens (including phenoxy) is 3. The maximum absolute atomic E-state index is 5.93. The van der Waals surface area contributed by atoms with Gasteiger partial charge in [-0.3, -0.25) is 0 Å². The minimum Gasteiger partial charge on any atom is -0.497 e. The molecule has 0 aliphatic heterocycles. The highest BCUT2D eigenvalue weighted by Gasteiger charge is 2.10. The van der Waals surface area contributed by atoms with Gasteiger partial charge >= 0.3 is 0 Å². The lowest BCUT2D eigenvalue weighted by molar-refractivity contribution is 0.113. The molecule has 2 aromatic carbocycles. The monoisotopic (exact) mass is 314 g/mol. The standard InChI is InChI=1S/C20H26O3/c1-15(17-7-5-9-19(11-17)21-3)13-23-14-16(2)18-8-6-10-20(12-18)22-4/h5-12,15-16H,13-14H2,1-4H3. The molecule has 2 unspecified atom stereocenters. The SMILES string of the molecule is COc1cccc(C(C)COCC(C)c2cccc(OC)c2)c1. The second kappa shape index (κ2) is 8.59. The summed E-state index contributed by atoms with van der Waals surface area (Å²) in [7, 11) is 3.38. The van der Waals surface area contributed by atoms with Crippen LogP contribution >= 0.6 is 0 Å². The number of hydrogen-bond donors (Lipinski definition) is 0. The van der Waals surface area contributed by atoms with Crippen molar-refractivity contribution in [3.05, 3.63) is 59.7 Å². The van der Waals surface area contributed by atoms with E-state index in [1.807, 2.05) is 24.3 Å². The van der Waals surface area contributed by atoms with Crippen LogP contribution in [0.15, 0.2) is 48.5 Å². The van der Waals surface area contributed by atoms with Gasteiger partial charge in [-0.15, -0.1) is 0 Å². The van der Waals surface area contributed by atoms with E-state index in [0.717, 1.165) is 11.5 Å². The molecule has 124 valence electrons. The van der Waals surface area contributed by atoms with Crippen molar-refractivity contribution in [3.8, 4) is 11.5 Å². The molecule has 3 heteroatoms. The highest BCUT2D eigenvalue weighted by Crippen LogP contribution is 2.23. The summed E-state index contributed by atoms with van der Waals surface area (Å²) in [5, 5.41) is 0. The zero-order valence-corrected chi connectivity index (χ0v) is 14.4. The summed E-state index contributed by atoms with van der Waals surface area (Å²) in [6.45, 7) is 5.74. The average molecular weight is 314 g/mol. The minimum atomic E-state index is 0.336. The van der Waals surface area contributed by atoms with Crippen LogP contribution in [0.2, 0.25) is 0 Å². The van der Waals surface area contributed by atoms with E-state index in [0.29, 0.717) is 25.0 Å². The molecule has 23 heavy (non-hydrogen) atoms. The van der Waals surface area contributed by atoms with E-state index < -0.39 is 0 Å². The largest absolute Gasteiger partial charge is 0.497 e. The van der Waals surface area contributed by atoms with Crippen molar-refractivity contribution in [3.63, 3.8) is 0 Å². The Morgan fingerprint density at radius 3 is 1.57 bits per heavy atom. The Balaban J connectivity index is 1.85. The molecule has 0 saturated heterocycles. The average Bonchev–Trinajstić information content (AvgIpc) is 2.61. The summed E-state index contributed by atoms with van der Waals surface area (Å²) >= 11 is 0. The van der Waals surface area contributed by atoms with Gasteiger partial charge in [-0.25, -0.2) is 0 Å². The lowest BCUT2D eigenvalue weighted by Crippen LogP contribution is -2.10. The molecular weight excluding hydrogens is 288 g/mol. The van der Waals surface area contributed by atoms with Crippen molar-refractivity contribution in [1.82, 2.24) is 0 Å². The Morgan fingerprint density at radius 1 is 0.739 bits per heavy atom. The van der Waals surface area contributed by atoms with Crippen LogP contribution in [-0.4, -0.2) is 27.4 Å². The highest BCUT2D eigenvalue weighted by molar-refractivity contribution is 5.31. The van der Waals surface area contributed by atoms with Crippen molar-refractivity contribution in [1.29, 1.82) is 0 Å². The third-order valence-corrected chi connectivity index (χ3v) is 4.06. The fourth-order valence-corrected chi connectivity index (χ4v) is 2.51. The molecule has 2 aromatic rings. The first-order valence-electron chi connectivity index (χ1n) is 7.99. The van der Waals surface area contributed by atoms with Gasteiger partial charge in [-0.05, 0) is 35.4 Å². The van der Waals surface area contributed by atoms with Crippen LogP contribution in [0.4, 0.5) is 0 Å². The third kappa shape index (κ3) is 5.00. The van der Waals surface area contributed by atoms with Gasteiger partial charge in [0.1, 0.15) is 11.5 Å². The fourth-order valence-electron chi connectivity index (χ4n) is 2.51. The van der Waals surface area contributed by atoms with Crippen molar-refractivity contribution in [2.24, 2.45) is 0 Å². The summed E-state index contributed by atoms with van der Waals surface area (Å²) in [6.07, 6.45) is 0. The van der Waals surface area contributed by atoms with E-state index in [9.17, 15) is 0 Å². The molecule has 0 aliphatic rings. The number of benzene rings is 2. The van der Waals surface area contributed by atoms with Crippen LogP contribution in [0.25, 0.3) is 0 Å². The van der Waals surface area contributed by atoms with Gasteiger partial charge in [0.25, 0.3) is 0 Å². The molecule has 2 atom stereocenters. The molecule has 0 aromatic heterocycles. The van der Waals surface area contributed by atoms with Gasteiger partial charge in [-0.2, -0.15) is 0 Å². The van der Waals surface area contributed by atoms with Crippen LogP contribution in [0.3, 0.4) is 0 Å². The first-order chi connectivity index (χ1) is 11.1. The van der Waals surface area contributed by atoms with Crippen molar-refractivity contribution >= 4 is 0 Å². The van der Waals surface area contributed by atoms with Crippen LogP contribution in [0.5, 0.6) is 11.5 Å². The molecule has 0 bridgehead atoms. The quantitative estimate of drug-likeness (QED) is 0.711. The van der Waals surface area contributed by atoms with E-state index in [1.165, 1.54) is 11.1 Å². The second-order valence-corrected chi connectivity index (χ2v) is 5.89. The lowest BCUT2D eigenvalue weighted by Gasteiger charge is -2.17. The maximum atomic E-state index is 5.93. The summed E-state index contributed by atoms with van der Waals surface area (Å²) in [4.78, 5) is 0. The Morgan fingerprint density at radius 2 is 1.17 bits per heavy atom. The lowest BCUT2D eigenvalue weighted by atomic mass is 10.0. The molecule has 0 saturated carbocycles. The molecule has 0 radical (unpaired) electrons. The molecular formula is C20H26O3. The van der Waals surface area contributed by atoms with Crippen LogP contribution < -0.4 is 9.47 Å². The van der Waals surface area contributed by atoms with E-state index in [4.69, 9.17) is 14.2 Å². The first-order valence-corrected chi connectivity index (χ1v) is 7.99. The first kappa shape index (κ1) is 17.4. The van der Waals surface area contributed by atoms with Crippen LogP contribution in [0.1, 0.15) is 36.8 Å². The third-order valence-electron chi connectivity index (χ3n) is 4.06. The summed E-state index contributed by atoms with van der Waals surface area (Å²) in [5.74, 6) is 2.45. The van der Waals surface area contributed by atoms with Gasteiger partial charge in [0.2, 0.25) is 0 Å². The number of hydrogen-bond acceptors (Lipinski definition) is 3. The van der Waals surface area contributed by atoms with Crippen LogP contribution in [0, 0.1) is 0 Å². The Bertz CT molecular complexity index is 556. The predicted molar refractivity (Wildman–Crippen MR) is 93.6 cm³/mol. The normalized spacial score (nSPS) is 13.4. The summed E-state index contributed by atoms with van der Waals surface area (Å²) in [6, 6.07) is 16.3. The highest BCUT2D eigenvalue weighted by atomic mass is 16.5.